The number of hydrogen-bond acceptors (Lipinski definition) is 5. The van der Waals surface area contributed by atoms with Gasteiger partial charge in [-0.25, -0.2) is 10.4 Å². The van der Waals surface area contributed by atoms with Gasteiger partial charge in [0.2, 0.25) is 5.91 Å². The quantitative estimate of drug-likeness (QED) is 0.226. The Morgan fingerprint density at radius 1 is 1.11 bits per heavy atom. The number of amides is 1. The van der Waals surface area contributed by atoms with Crippen LogP contribution in [0.4, 0.5) is 24.0 Å². The third kappa shape index (κ3) is 6.01. The maximum absolute atomic E-state index is 12.9. The Morgan fingerprint density at radius 2 is 1.86 bits per heavy atom. The fourth-order valence-electron chi connectivity index (χ4n) is 3.73. The van der Waals surface area contributed by atoms with Crippen LogP contribution in [0.5, 0.6) is 0 Å². The molecule has 0 aliphatic heterocycles. The lowest BCUT2D eigenvalue weighted by Gasteiger charge is -2.09. The van der Waals surface area contributed by atoms with Crippen LogP contribution in [0.15, 0.2) is 65.1 Å². The van der Waals surface area contributed by atoms with E-state index in [1.54, 1.807) is 11.6 Å². The molecule has 10 heteroatoms. The fourth-order valence-corrected chi connectivity index (χ4v) is 4.46. The zero-order valence-electron chi connectivity index (χ0n) is 19.8. The van der Waals surface area contributed by atoms with Crippen molar-refractivity contribution in [3.05, 3.63) is 93.7 Å². The molecule has 0 aliphatic rings. The van der Waals surface area contributed by atoms with Gasteiger partial charge >= 0.3 is 6.18 Å². The van der Waals surface area contributed by atoms with Crippen LogP contribution in [0, 0.1) is 20.8 Å². The Hall–Kier alpha value is -3.92. The van der Waals surface area contributed by atoms with Crippen LogP contribution >= 0.6 is 11.3 Å². The molecular weight excluding hydrogens is 487 g/mol. The Balaban J connectivity index is 1.35. The average molecular weight is 512 g/mol. The number of thiazole rings is 1. The molecule has 2 N–H and O–H groups in total. The largest absolute Gasteiger partial charge is 0.416 e. The van der Waals surface area contributed by atoms with Gasteiger partial charge < -0.3 is 9.88 Å². The van der Waals surface area contributed by atoms with Crippen LogP contribution in [0.2, 0.25) is 0 Å². The molecule has 4 aromatic rings. The first-order valence-electron chi connectivity index (χ1n) is 11.1. The van der Waals surface area contributed by atoms with E-state index in [0.717, 1.165) is 34.8 Å². The summed E-state index contributed by atoms with van der Waals surface area (Å²) in [7, 11) is 0. The third-order valence-electron chi connectivity index (χ3n) is 5.49. The van der Waals surface area contributed by atoms with Crippen molar-refractivity contribution >= 4 is 34.3 Å². The number of anilines is 2. The second kappa shape index (κ2) is 10.4. The molecule has 4 rings (SSSR count). The van der Waals surface area contributed by atoms with Gasteiger partial charge in [0.25, 0.3) is 0 Å². The molecular formula is C26H24F3N5OS. The molecule has 2 aromatic carbocycles. The normalized spacial score (nSPS) is 11.7. The Morgan fingerprint density at radius 3 is 2.58 bits per heavy atom. The van der Waals surface area contributed by atoms with Crippen LogP contribution in [0.1, 0.15) is 33.8 Å². The van der Waals surface area contributed by atoms with Crippen LogP contribution in [-0.2, 0) is 17.4 Å². The van der Waals surface area contributed by atoms with Gasteiger partial charge in [-0.05, 0) is 57.2 Å². The molecule has 186 valence electrons. The highest BCUT2D eigenvalue weighted by atomic mass is 32.1. The van der Waals surface area contributed by atoms with Crippen LogP contribution in [-0.4, -0.2) is 21.7 Å². The molecule has 0 aliphatic carbocycles. The Kier molecular flexibility index (Phi) is 7.25. The summed E-state index contributed by atoms with van der Waals surface area (Å²) in [4.78, 5) is 16.6. The molecule has 0 bridgehead atoms. The summed E-state index contributed by atoms with van der Waals surface area (Å²) in [5.74, 6) is -0.352. The summed E-state index contributed by atoms with van der Waals surface area (Å²) in [6.07, 6.45) is -2.84. The molecule has 0 saturated carbocycles. The van der Waals surface area contributed by atoms with Gasteiger partial charge in [-0.1, -0.05) is 23.8 Å². The maximum atomic E-state index is 12.9. The summed E-state index contributed by atoms with van der Waals surface area (Å²) in [5, 5.41) is 9.00. The predicted octanol–water partition coefficient (Wildman–Crippen LogP) is 6.31. The predicted molar refractivity (Wildman–Crippen MR) is 136 cm³/mol. The van der Waals surface area contributed by atoms with E-state index in [1.165, 1.54) is 29.0 Å². The smallest absolute Gasteiger partial charge is 0.332 e. The number of nitrogens with one attached hydrogen (secondary N) is 2. The van der Waals surface area contributed by atoms with E-state index in [2.05, 4.69) is 49.7 Å². The number of nitrogens with zero attached hydrogens (tertiary/aromatic N) is 3. The van der Waals surface area contributed by atoms with Crippen molar-refractivity contribution in [3.63, 3.8) is 0 Å². The molecule has 0 radical (unpaired) electrons. The summed E-state index contributed by atoms with van der Waals surface area (Å²) in [6.45, 7) is 6.04. The van der Waals surface area contributed by atoms with Crippen molar-refractivity contribution in [2.24, 2.45) is 5.10 Å². The van der Waals surface area contributed by atoms with E-state index in [-0.39, 0.29) is 18.0 Å². The number of alkyl halides is 3. The molecule has 0 fully saturated rings. The summed E-state index contributed by atoms with van der Waals surface area (Å²) in [5.41, 5.74) is 7.68. The SMILES string of the molecule is Cc1ccc(-n2c(C)cc(/C=N\NC(=O)Cc3csc(Nc4cccc(C(F)(F)F)c4)n3)c2C)cc1. The van der Waals surface area contributed by atoms with Crippen LogP contribution < -0.4 is 10.7 Å². The van der Waals surface area contributed by atoms with Crippen molar-refractivity contribution in [3.8, 4) is 5.69 Å². The number of halogens is 3. The molecule has 0 atom stereocenters. The summed E-state index contributed by atoms with van der Waals surface area (Å²) < 4.78 is 40.8. The minimum atomic E-state index is -4.43. The molecule has 6 nitrogen and oxygen atoms in total. The van der Waals surface area contributed by atoms with Gasteiger partial charge in [0.05, 0.1) is 23.9 Å². The number of hydrazone groups is 1. The third-order valence-corrected chi connectivity index (χ3v) is 6.30. The molecule has 0 saturated heterocycles. The first-order chi connectivity index (χ1) is 17.1. The Labute approximate surface area is 210 Å². The van der Waals surface area contributed by atoms with Crippen LogP contribution in [0.25, 0.3) is 5.69 Å². The fraction of sp³-hybridized carbons (Fsp3) is 0.192. The van der Waals surface area contributed by atoms with Gasteiger partial charge in [0.1, 0.15) is 0 Å². The number of aromatic nitrogens is 2. The molecule has 0 spiro atoms. The summed E-state index contributed by atoms with van der Waals surface area (Å²) in [6, 6.07) is 15.1. The second-order valence-electron chi connectivity index (χ2n) is 8.31. The molecule has 36 heavy (non-hydrogen) atoms. The average Bonchev–Trinajstić information content (AvgIpc) is 3.37. The minimum Gasteiger partial charge on any atom is -0.332 e. The maximum Gasteiger partial charge on any atom is 0.416 e. The first-order valence-corrected chi connectivity index (χ1v) is 11.9. The van der Waals surface area contributed by atoms with Crippen molar-refractivity contribution in [1.82, 2.24) is 15.0 Å². The van der Waals surface area contributed by atoms with Crippen molar-refractivity contribution in [2.45, 2.75) is 33.4 Å². The minimum absolute atomic E-state index is 0.0134. The number of benzene rings is 2. The number of aryl methyl sites for hydroxylation is 2. The highest BCUT2D eigenvalue weighted by Crippen LogP contribution is 2.32. The lowest BCUT2D eigenvalue weighted by molar-refractivity contribution is -0.137. The van der Waals surface area contributed by atoms with Crippen molar-refractivity contribution in [2.75, 3.05) is 5.32 Å². The molecule has 0 unspecified atom stereocenters. The van der Waals surface area contributed by atoms with Crippen molar-refractivity contribution < 1.29 is 18.0 Å². The number of carbonyl (C=O) groups is 1. The lowest BCUT2D eigenvalue weighted by atomic mass is 10.2. The van der Waals surface area contributed by atoms with E-state index in [1.807, 2.05) is 26.8 Å². The van der Waals surface area contributed by atoms with E-state index < -0.39 is 11.7 Å². The van der Waals surface area contributed by atoms with Gasteiger partial charge in [-0.3, -0.25) is 4.79 Å². The molecule has 2 aromatic heterocycles. The number of carbonyl (C=O) groups excluding carboxylic acids is 1. The van der Waals surface area contributed by atoms with Crippen LogP contribution in [0.3, 0.4) is 0 Å². The Bertz CT molecular complexity index is 1400. The zero-order chi connectivity index (χ0) is 25.9. The topological polar surface area (TPSA) is 71.3 Å². The van der Waals surface area contributed by atoms with E-state index in [0.29, 0.717) is 10.8 Å². The lowest BCUT2D eigenvalue weighted by Crippen LogP contribution is -2.20. The monoisotopic (exact) mass is 511 g/mol. The van der Waals surface area contributed by atoms with E-state index in [9.17, 15) is 18.0 Å². The highest BCUT2D eigenvalue weighted by molar-refractivity contribution is 7.13. The van der Waals surface area contributed by atoms with Gasteiger partial charge in [0, 0.05) is 33.7 Å². The number of hydrogen-bond donors (Lipinski definition) is 2. The summed E-state index contributed by atoms with van der Waals surface area (Å²) >= 11 is 1.20. The van der Waals surface area contributed by atoms with E-state index >= 15 is 0 Å². The molecule has 2 heterocycles. The first kappa shape index (κ1) is 25.2. The number of rotatable bonds is 7. The second-order valence-corrected chi connectivity index (χ2v) is 9.17. The van der Waals surface area contributed by atoms with Gasteiger partial charge in [-0.15, -0.1) is 11.3 Å². The standard InChI is InChI=1S/C26H24F3N5OS/c1-16-7-9-23(10-8-16)34-17(2)11-19(18(34)3)14-30-33-24(35)13-22-15-36-25(32-22)31-21-6-4-5-20(12-21)26(27,28)29/h4-12,14-15H,13H2,1-3H3,(H,31,32)(H,33,35)/b30-14-. The van der Waals surface area contributed by atoms with Gasteiger partial charge in [0.15, 0.2) is 5.13 Å². The molecule has 1 amide bonds. The van der Waals surface area contributed by atoms with Crippen molar-refractivity contribution in [1.29, 1.82) is 0 Å². The zero-order valence-corrected chi connectivity index (χ0v) is 20.7. The highest BCUT2D eigenvalue weighted by Gasteiger charge is 2.30. The van der Waals surface area contributed by atoms with E-state index in [4.69, 9.17) is 0 Å². The van der Waals surface area contributed by atoms with Gasteiger partial charge in [-0.2, -0.15) is 18.3 Å².